The van der Waals surface area contributed by atoms with E-state index in [1.54, 1.807) is 12.0 Å². The predicted octanol–water partition coefficient (Wildman–Crippen LogP) is 4.84. The van der Waals surface area contributed by atoms with Crippen molar-refractivity contribution >= 4 is 12.1 Å². The van der Waals surface area contributed by atoms with Crippen LogP contribution in [-0.4, -0.2) is 73.4 Å². The van der Waals surface area contributed by atoms with E-state index >= 15 is 0 Å². The summed E-state index contributed by atoms with van der Waals surface area (Å²) in [6.45, 7) is 11.0. The second kappa shape index (κ2) is 11.9. The van der Waals surface area contributed by atoms with Gasteiger partial charge in [-0.2, -0.15) is 0 Å². The number of likely N-dealkylation sites (tertiary alicyclic amines) is 2. The molecule has 1 aromatic carbocycles. The number of esters is 1. The van der Waals surface area contributed by atoms with Gasteiger partial charge in [-0.15, -0.1) is 0 Å². The van der Waals surface area contributed by atoms with Gasteiger partial charge in [0.05, 0.1) is 13.7 Å². The van der Waals surface area contributed by atoms with Gasteiger partial charge >= 0.3 is 12.1 Å². The number of rotatable bonds is 7. The molecule has 0 aliphatic carbocycles. The molecule has 1 unspecified atom stereocenters. The van der Waals surface area contributed by atoms with Crippen LogP contribution in [0.4, 0.5) is 4.79 Å². The van der Waals surface area contributed by atoms with E-state index in [0.29, 0.717) is 31.5 Å². The van der Waals surface area contributed by atoms with Crippen LogP contribution in [0.3, 0.4) is 0 Å². The van der Waals surface area contributed by atoms with Crippen LogP contribution in [0.15, 0.2) is 24.3 Å². The SMILES string of the molecule is CCOC(=O)C(CC1CCN(C(=O)OC(C)(C)C)CC1)N1CCC(c2ccc(OC)cc2)CC1. The highest BCUT2D eigenvalue weighted by molar-refractivity contribution is 5.75. The number of amides is 1. The lowest BCUT2D eigenvalue weighted by atomic mass is 9.86. The van der Waals surface area contributed by atoms with Crippen molar-refractivity contribution in [3.63, 3.8) is 0 Å². The molecule has 2 heterocycles. The first-order valence-electron chi connectivity index (χ1n) is 12.7. The van der Waals surface area contributed by atoms with Crippen LogP contribution in [0.1, 0.15) is 71.3 Å². The zero-order valence-corrected chi connectivity index (χ0v) is 21.5. The summed E-state index contributed by atoms with van der Waals surface area (Å²) in [5, 5.41) is 0. The molecule has 1 atom stereocenters. The summed E-state index contributed by atoms with van der Waals surface area (Å²) in [5.41, 5.74) is 0.851. The maximum atomic E-state index is 12.9. The van der Waals surface area contributed by atoms with Gasteiger partial charge in [0, 0.05) is 13.1 Å². The Balaban J connectivity index is 1.55. The third kappa shape index (κ3) is 7.36. The molecule has 34 heavy (non-hydrogen) atoms. The number of carbonyl (C=O) groups excluding carboxylic acids is 2. The van der Waals surface area contributed by atoms with Crippen LogP contribution in [0, 0.1) is 5.92 Å². The lowest BCUT2D eigenvalue weighted by Crippen LogP contribution is -2.48. The van der Waals surface area contributed by atoms with Gasteiger partial charge in [-0.1, -0.05) is 12.1 Å². The average molecular weight is 475 g/mol. The highest BCUT2D eigenvalue weighted by Crippen LogP contribution is 2.32. The van der Waals surface area contributed by atoms with E-state index in [-0.39, 0.29) is 18.1 Å². The van der Waals surface area contributed by atoms with Crippen molar-refractivity contribution in [3.05, 3.63) is 29.8 Å². The molecule has 2 aliphatic rings. The van der Waals surface area contributed by atoms with Crippen LogP contribution < -0.4 is 4.74 Å². The van der Waals surface area contributed by atoms with E-state index in [9.17, 15) is 9.59 Å². The number of ether oxygens (including phenoxy) is 3. The highest BCUT2D eigenvalue weighted by Gasteiger charge is 2.35. The highest BCUT2D eigenvalue weighted by atomic mass is 16.6. The fraction of sp³-hybridized carbons (Fsp3) is 0.704. The maximum absolute atomic E-state index is 12.9. The average Bonchev–Trinajstić information content (AvgIpc) is 2.82. The van der Waals surface area contributed by atoms with Gasteiger partial charge in [0.25, 0.3) is 0 Å². The van der Waals surface area contributed by atoms with Crippen LogP contribution in [-0.2, 0) is 14.3 Å². The molecule has 7 nitrogen and oxygen atoms in total. The molecular formula is C27H42N2O5. The Morgan fingerprint density at radius 1 is 1.00 bits per heavy atom. The first kappa shape index (κ1) is 26.3. The van der Waals surface area contributed by atoms with Crippen molar-refractivity contribution in [1.29, 1.82) is 0 Å². The molecule has 1 aromatic rings. The molecule has 0 spiro atoms. The van der Waals surface area contributed by atoms with Crippen molar-refractivity contribution in [2.75, 3.05) is 39.9 Å². The summed E-state index contributed by atoms with van der Waals surface area (Å²) < 4.78 is 16.3. The van der Waals surface area contributed by atoms with Crippen LogP contribution in [0.5, 0.6) is 5.75 Å². The van der Waals surface area contributed by atoms with E-state index in [1.807, 2.05) is 39.8 Å². The Morgan fingerprint density at radius 2 is 1.62 bits per heavy atom. The monoisotopic (exact) mass is 474 g/mol. The Morgan fingerprint density at radius 3 is 2.15 bits per heavy atom. The Labute approximate surface area is 204 Å². The number of hydrogen-bond donors (Lipinski definition) is 0. The van der Waals surface area contributed by atoms with Crippen LogP contribution in [0.2, 0.25) is 0 Å². The molecule has 0 N–H and O–H groups in total. The third-order valence-electron chi connectivity index (χ3n) is 6.94. The molecule has 2 fully saturated rings. The van der Waals surface area contributed by atoms with E-state index < -0.39 is 5.60 Å². The number of nitrogens with zero attached hydrogens (tertiary/aromatic N) is 2. The molecule has 2 saturated heterocycles. The quantitative estimate of drug-likeness (QED) is 0.527. The normalized spacial score (nSPS) is 19.5. The summed E-state index contributed by atoms with van der Waals surface area (Å²) in [6.07, 6.45) is 4.37. The minimum atomic E-state index is -0.485. The molecule has 0 radical (unpaired) electrons. The summed E-state index contributed by atoms with van der Waals surface area (Å²) >= 11 is 0. The molecule has 1 amide bonds. The second-order valence-corrected chi connectivity index (χ2v) is 10.5. The first-order valence-corrected chi connectivity index (χ1v) is 12.7. The summed E-state index contributed by atoms with van der Waals surface area (Å²) in [5.74, 6) is 1.66. The summed E-state index contributed by atoms with van der Waals surface area (Å²) in [6, 6.07) is 8.13. The lowest BCUT2D eigenvalue weighted by Gasteiger charge is -2.39. The van der Waals surface area contributed by atoms with Crippen LogP contribution >= 0.6 is 0 Å². The van der Waals surface area contributed by atoms with Crippen molar-refractivity contribution in [1.82, 2.24) is 9.80 Å². The Hall–Kier alpha value is -2.28. The molecule has 2 aliphatic heterocycles. The minimum Gasteiger partial charge on any atom is -0.497 e. The standard InChI is InChI=1S/C27H42N2O5/c1-6-33-25(30)24(19-20-11-15-29(16-12-20)26(31)34-27(2,3)4)28-17-13-22(14-18-28)21-7-9-23(32-5)10-8-21/h7-10,20,22,24H,6,11-19H2,1-5H3. The van der Waals surface area contributed by atoms with E-state index in [1.165, 1.54) is 5.56 Å². The van der Waals surface area contributed by atoms with Gasteiger partial charge in [-0.25, -0.2) is 4.79 Å². The minimum absolute atomic E-state index is 0.111. The number of benzene rings is 1. The van der Waals surface area contributed by atoms with Gasteiger partial charge in [-0.3, -0.25) is 9.69 Å². The predicted molar refractivity (Wildman–Crippen MR) is 132 cm³/mol. The first-order chi connectivity index (χ1) is 16.2. The molecule has 0 bridgehead atoms. The van der Waals surface area contributed by atoms with E-state index in [0.717, 1.165) is 50.9 Å². The van der Waals surface area contributed by atoms with Gasteiger partial charge in [0.1, 0.15) is 17.4 Å². The fourth-order valence-corrected chi connectivity index (χ4v) is 5.05. The molecule has 7 heteroatoms. The van der Waals surface area contributed by atoms with Gasteiger partial charge in [-0.05, 0) is 102 Å². The second-order valence-electron chi connectivity index (χ2n) is 10.5. The lowest BCUT2D eigenvalue weighted by molar-refractivity contribution is -0.151. The molecule has 3 rings (SSSR count). The smallest absolute Gasteiger partial charge is 0.410 e. The number of hydrogen-bond acceptors (Lipinski definition) is 6. The number of piperidine rings is 2. The Bertz CT molecular complexity index is 788. The summed E-state index contributed by atoms with van der Waals surface area (Å²) in [7, 11) is 1.68. The summed E-state index contributed by atoms with van der Waals surface area (Å²) in [4.78, 5) is 29.4. The topological polar surface area (TPSA) is 68.3 Å². The molecule has 0 saturated carbocycles. The van der Waals surface area contributed by atoms with Crippen LogP contribution in [0.25, 0.3) is 0 Å². The third-order valence-corrected chi connectivity index (χ3v) is 6.94. The Kier molecular flexibility index (Phi) is 9.23. The zero-order chi connectivity index (χ0) is 24.7. The fourth-order valence-electron chi connectivity index (χ4n) is 5.05. The van der Waals surface area contributed by atoms with Crippen molar-refractivity contribution in [3.8, 4) is 5.75 Å². The van der Waals surface area contributed by atoms with Gasteiger partial charge in [0.15, 0.2) is 0 Å². The number of methoxy groups -OCH3 is 1. The molecule has 190 valence electrons. The van der Waals surface area contributed by atoms with E-state index in [2.05, 4.69) is 17.0 Å². The van der Waals surface area contributed by atoms with Crippen molar-refractivity contribution in [2.45, 2.75) is 77.4 Å². The largest absolute Gasteiger partial charge is 0.497 e. The van der Waals surface area contributed by atoms with Gasteiger partial charge in [0.2, 0.25) is 0 Å². The maximum Gasteiger partial charge on any atom is 0.410 e. The molecular weight excluding hydrogens is 432 g/mol. The van der Waals surface area contributed by atoms with Crippen molar-refractivity contribution in [2.24, 2.45) is 5.92 Å². The molecule has 0 aromatic heterocycles. The van der Waals surface area contributed by atoms with Gasteiger partial charge < -0.3 is 19.1 Å². The zero-order valence-electron chi connectivity index (χ0n) is 21.5. The van der Waals surface area contributed by atoms with Crippen molar-refractivity contribution < 1.29 is 23.8 Å². The van der Waals surface area contributed by atoms with E-state index in [4.69, 9.17) is 14.2 Å². The number of carbonyl (C=O) groups is 2.